The highest BCUT2D eigenvalue weighted by molar-refractivity contribution is 6.46. The molecule has 0 aromatic heterocycles. The van der Waals surface area contributed by atoms with Crippen LogP contribution in [-0.2, 0) is 4.79 Å². The summed E-state index contributed by atoms with van der Waals surface area (Å²) in [5.41, 5.74) is 3.34. The van der Waals surface area contributed by atoms with Gasteiger partial charge in [0.05, 0.1) is 25.4 Å². The van der Waals surface area contributed by atoms with E-state index in [4.69, 9.17) is 9.73 Å². The fourth-order valence-electron chi connectivity index (χ4n) is 6.80. The van der Waals surface area contributed by atoms with Crippen LogP contribution >= 0.6 is 0 Å². The van der Waals surface area contributed by atoms with Gasteiger partial charge in [0.15, 0.2) is 0 Å². The Balaban J connectivity index is 1.51. The van der Waals surface area contributed by atoms with Crippen LogP contribution in [0.3, 0.4) is 0 Å². The number of hydrogen-bond donors (Lipinski definition) is 1. The summed E-state index contributed by atoms with van der Waals surface area (Å²) >= 11 is 0. The molecule has 0 bridgehead atoms. The van der Waals surface area contributed by atoms with E-state index in [1.54, 1.807) is 6.20 Å². The zero-order valence-electron chi connectivity index (χ0n) is 28.0. The Morgan fingerprint density at radius 2 is 1.76 bits per heavy atom. The van der Waals surface area contributed by atoms with Gasteiger partial charge < -0.3 is 15.0 Å². The number of ether oxygens (including phenoxy) is 1. The van der Waals surface area contributed by atoms with Gasteiger partial charge in [0, 0.05) is 11.1 Å². The first-order valence-corrected chi connectivity index (χ1v) is 16.4. The Kier molecular flexibility index (Phi) is 9.33. The van der Waals surface area contributed by atoms with Gasteiger partial charge in [-0.05, 0) is 92.0 Å². The summed E-state index contributed by atoms with van der Waals surface area (Å²) in [7, 11) is 0. The third-order valence-corrected chi connectivity index (χ3v) is 9.48. The maximum absolute atomic E-state index is 14.7. The van der Waals surface area contributed by atoms with Crippen LogP contribution in [0.5, 0.6) is 5.75 Å². The second-order valence-corrected chi connectivity index (χ2v) is 15.0. The largest absolute Gasteiger partial charge is 0.494 e. The Bertz CT molecular complexity index is 1490. The maximum atomic E-state index is 14.7. The first-order chi connectivity index (χ1) is 21.3. The van der Waals surface area contributed by atoms with Gasteiger partial charge in [-0.25, -0.2) is 0 Å². The van der Waals surface area contributed by atoms with Crippen molar-refractivity contribution in [3.63, 3.8) is 0 Å². The van der Waals surface area contributed by atoms with Gasteiger partial charge in [0.25, 0.3) is 11.8 Å². The molecule has 1 atom stereocenters. The van der Waals surface area contributed by atoms with Crippen LogP contribution in [0.4, 0.5) is 0 Å². The minimum Gasteiger partial charge on any atom is -0.494 e. The third kappa shape index (κ3) is 7.37. The number of amides is 2. The second kappa shape index (κ2) is 12.9. The van der Waals surface area contributed by atoms with Gasteiger partial charge in [0.1, 0.15) is 22.8 Å². The van der Waals surface area contributed by atoms with Crippen LogP contribution in [0.1, 0.15) is 115 Å². The van der Waals surface area contributed by atoms with E-state index in [1.807, 2.05) is 55.5 Å². The minimum atomic E-state index is -0.612. The highest BCUT2D eigenvalue weighted by Crippen LogP contribution is 2.50. The lowest BCUT2D eigenvalue weighted by molar-refractivity contribution is -0.134. The number of carbonyl (C=O) groups excluding carboxylic acids is 2. The number of hydrogen-bond acceptors (Lipinski definition) is 6. The molecule has 45 heavy (non-hydrogen) atoms. The molecule has 2 aromatic rings. The van der Waals surface area contributed by atoms with E-state index in [1.165, 1.54) is 0 Å². The van der Waals surface area contributed by atoms with Crippen LogP contribution in [0.2, 0.25) is 0 Å². The summed E-state index contributed by atoms with van der Waals surface area (Å²) in [4.78, 5) is 35.0. The first kappa shape index (κ1) is 32.6. The van der Waals surface area contributed by atoms with E-state index < -0.39 is 5.66 Å². The number of nitrogens with zero attached hydrogens (tertiary/aromatic N) is 4. The molecule has 240 valence electrons. The number of rotatable bonds is 10. The molecule has 5 rings (SSSR count). The first-order valence-electron chi connectivity index (χ1n) is 16.4. The zero-order valence-corrected chi connectivity index (χ0v) is 28.0. The molecule has 8 nitrogen and oxygen atoms in total. The average Bonchev–Trinajstić information content (AvgIpc) is 3.23. The van der Waals surface area contributed by atoms with Crippen LogP contribution in [0, 0.1) is 16.7 Å². The molecule has 1 saturated carbocycles. The normalized spacial score (nSPS) is 22.2. The number of azo groups is 1. The predicted octanol–water partition coefficient (Wildman–Crippen LogP) is 8.25. The average molecular weight is 612 g/mol. The lowest BCUT2D eigenvalue weighted by atomic mass is 9.69. The molecule has 1 spiro atoms. The van der Waals surface area contributed by atoms with E-state index in [9.17, 15) is 9.59 Å². The summed E-state index contributed by atoms with van der Waals surface area (Å²) in [5, 5.41) is 10.5. The maximum Gasteiger partial charge on any atom is 0.275 e. The second-order valence-electron chi connectivity index (χ2n) is 15.0. The minimum absolute atomic E-state index is 0.0264. The van der Waals surface area contributed by atoms with E-state index in [2.05, 4.69) is 62.0 Å². The third-order valence-electron chi connectivity index (χ3n) is 9.48. The SMILES string of the molecule is CCOc1cccc(C2=NC3(CCC(C(C)(C)C)CC3)N(C(CCC(C)(C)C)c3ccc(C(=O)NCC4=CN=N4)cc3)C2=O)c1. The zero-order chi connectivity index (χ0) is 32.4. The van der Waals surface area contributed by atoms with Gasteiger partial charge in [-0.1, -0.05) is 65.8 Å². The summed E-state index contributed by atoms with van der Waals surface area (Å²) < 4.78 is 5.79. The molecule has 2 amide bonds. The smallest absolute Gasteiger partial charge is 0.275 e. The molecule has 0 saturated heterocycles. The lowest BCUT2D eigenvalue weighted by Gasteiger charge is -2.47. The molecule has 2 heterocycles. The van der Waals surface area contributed by atoms with Gasteiger partial charge in [-0.2, -0.15) is 10.2 Å². The van der Waals surface area contributed by atoms with E-state index in [0.29, 0.717) is 30.3 Å². The summed E-state index contributed by atoms with van der Waals surface area (Å²) in [6, 6.07) is 15.3. The fraction of sp³-hybridized carbons (Fsp3) is 0.541. The van der Waals surface area contributed by atoms with Crippen molar-refractivity contribution in [1.29, 1.82) is 0 Å². The molecular weight excluding hydrogens is 562 g/mol. The van der Waals surface area contributed by atoms with Crippen LogP contribution in [0.25, 0.3) is 0 Å². The van der Waals surface area contributed by atoms with E-state index in [-0.39, 0.29) is 28.7 Å². The molecule has 1 N–H and O–H groups in total. The molecule has 2 aliphatic heterocycles. The molecular formula is C37H49N5O3. The predicted molar refractivity (Wildman–Crippen MR) is 178 cm³/mol. The Labute approximate surface area is 268 Å². The Hall–Kier alpha value is -3.81. The van der Waals surface area contributed by atoms with Crippen molar-refractivity contribution < 1.29 is 14.3 Å². The van der Waals surface area contributed by atoms with Crippen molar-refractivity contribution in [2.75, 3.05) is 13.2 Å². The van der Waals surface area contributed by atoms with Crippen molar-refractivity contribution in [3.8, 4) is 5.75 Å². The molecule has 0 radical (unpaired) electrons. The Morgan fingerprint density at radius 1 is 1.07 bits per heavy atom. The molecule has 8 heteroatoms. The molecule has 1 fully saturated rings. The van der Waals surface area contributed by atoms with Crippen molar-refractivity contribution in [2.45, 2.75) is 98.7 Å². The lowest BCUT2D eigenvalue weighted by Crippen LogP contribution is -2.51. The van der Waals surface area contributed by atoms with Gasteiger partial charge in [0.2, 0.25) is 0 Å². The Morgan fingerprint density at radius 3 is 2.33 bits per heavy atom. The van der Waals surface area contributed by atoms with Crippen LogP contribution < -0.4 is 10.1 Å². The van der Waals surface area contributed by atoms with Gasteiger partial charge in [-0.15, -0.1) is 0 Å². The molecule has 3 aliphatic rings. The number of aliphatic imine (C=N–C) groups is 1. The topological polar surface area (TPSA) is 95.7 Å². The number of nitrogens with one attached hydrogen (secondary N) is 1. The number of carbonyl (C=O) groups is 2. The quantitative estimate of drug-likeness (QED) is 0.293. The molecule has 2 aromatic carbocycles. The highest BCUT2D eigenvalue weighted by atomic mass is 16.5. The highest BCUT2D eigenvalue weighted by Gasteiger charge is 2.52. The molecule has 1 aliphatic carbocycles. The van der Waals surface area contributed by atoms with Crippen LogP contribution in [-0.4, -0.2) is 41.2 Å². The van der Waals surface area contributed by atoms with Gasteiger partial charge >= 0.3 is 0 Å². The van der Waals surface area contributed by atoms with Crippen LogP contribution in [0.15, 0.2) is 75.6 Å². The van der Waals surface area contributed by atoms with E-state index >= 15 is 0 Å². The molecule has 1 unspecified atom stereocenters. The summed E-state index contributed by atoms with van der Waals surface area (Å²) in [5.74, 6) is 1.12. The fourth-order valence-corrected chi connectivity index (χ4v) is 6.80. The van der Waals surface area contributed by atoms with Crippen molar-refractivity contribution in [2.24, 2.45) is 32.0 Å². The summed E-state index contributed by atoms with van der Waals surface area (Å²) in [6.07, 6.45) is 7.07. The van der Waals surface area contributed by atoms with Crippen molar-refractivity contribution >= 4 is 17.5 Å². The summed E-state index contributed by atoms with van der Waals surface area (Å²) in [6.45, 7) is 16.5. The monoisotopic (exact) mass is 611 g/mol. The number of benzene rings is 2. The standard InChI is InChI=1S/C37H49N5O3/c1-8-45-30-11-9-10-27(22-30)32-34(44)42(37(40-32)20-16-28(17-21-37)36(5,6)7)31(18-19-35(2,3)4)25-12-14-26(15-13-25)33(43)38-23-29-24-39-41-29/h9-15,22,24,28,31H,8,16-21,23H2,1-7H3,(H,38,43). The van der Waals surface area contributed by atoms with Crippen molar-refractivity contribution in [3.05, 3.63) is 77.1 Å². The van der Waals surface area contributed by atoms with Crippen molar-refractivity contribution in [1.82, 2.24) is 10.2 Å². The van der Waals surface area contributed by atoms with Gasteiger partial charge in [-0.3, -0.25) is 14.6 Å². The van der Waals surface area contributed by atoms with E-state index in [0.717, 1.165) is 61.1 Å².